The standard InChI is InChI=1S/C12H14OS/c1-12(8-13-12)10-4-5-11-9(7-10)3-2-6-14-11/h4-5,7H,2-3,6,8H2,1H3. The second kappa shape index (κ2) is 3.01. The normalized spacial score (nSPS) is 29.8. The summed E-state index contributed by atoms with van der Waals surface area (Å²) in [5.74, 6) is 1.28. The molecular formula is C12H14OS. The van der Waals surface area contributed by atoms with E-state index in [0.717, 1.165) is 6.61 Å². The van der Waals surface area contributed by atoms with Gasteiger partial charge in [-0.05, 0) is 42.7 Å². The summed E-state index contributed by atoms with van der Waals surface area (Å²) in [6.07, 6.45) is 2.56. The fourth-order valence-corrected chi connectivity index (χ4v) is 2.98. The molecule has 1 aromatic rings. The van der Waals surface area contributed by atoms with Gasteiger partial charge in [0.25, 0.3) is 0 Å². The predicted molar refractivity (Wildman–Crippen MR) is 58.8 cm³/mol. The van der Waals surface area contributed by atoms with Gasteiger partial charge in [0.1, 0.15) is 5.60 Å². The Kier molecular flexibility index (Phi) is 1.89. The molecule has 2 aliphatic rings. The van der Waals surface area contributed by atoms with E-state index in [4.69, 9.17) is 4.74 Å². The van der Waals surface area contributed by atoms with Crippen LogP contribution >= 0.6 is 11.8 Å². The largest absolute Gasteiger partial charge is 0.365 e. The van der Waals surface area contributed by atoms with Crippen LogP contribution in [0.25, 0.3) is 0 Å². The van der Waals surface area contributed by atoms with E-state index in [1.54, 1.807) is 0 Å². The average Bonchev–Trinajstić information content (AvgIpc) is 2.97. The van der Waals surface area contributed by atoms with Crippen LogP contribution in [0.15, 0.2) is 23.1 Å². The Labute approximate surface area is 88.8 Å². The molecule has 0 aromatic heterocycles. The van der Waals surface area contributed by atoms with Crippen LogP contribution < -0.4 is 0 Å². The lowest BCUT2D eigenvalue weighted by Crippen LogP contribution is -2.05. The Hall–Kier alpha value is -0.470. The van der Waals surface area contributed by atoms with E-state index in [1.807, 2.05) is 11.8 Å². The topological polar surface area (TPSA) is 12.5 Å². The zero-order valence-electron chi connectivity index (χ0n) is 8.38. The van der Waals surface area contributed by atoms with Crippen molar-refractivity contribution in [2.24, 2.45) is 0 Å². The van der Waals surface area contributed by atoms with E-state index < -0.39 is 0 Å². The van der Waals surface area contributed by atoms with Crippen molar-refractivity contribution in [3.63, 3.8) is 0 Å². The van der Waals surface area contributed by atoms with Gasteiger partial charge in [-0.15, -0.1) is 11.8 Å². The van der Waals surface area contributed by atoms with E-state index >= 15 is 0 Å². The highest BCUT2D eigenvalue weighted by molar-refractivity contribution is 7.99. The van der Waals surface area contributed by atoms with Crippen molar-refractivity contribution in [3.8, 4) is 0 Å². The molecule has 74 valence electrons. The molecule has 0 amide bonds. The maximum absolute atomic E-state index is 5.47. The first-order valence-corrected chi connectivity index (χ1v) is 6.17. The number of rotatable bonds is 1. The molecule has 2 heterocycles. The number of ether oxygens (including phenoxy) is 1. The number of hydrogen-bond donors (Lipinski definition) is 0. The monoisotopic (exact) mass is 206 g/mol. The van der Waals surface area contributed by atoms with Crippen LogP contribution in [0, 0.1) is 0 Å². The third kappa shape index (κ3) is 1.37. The number of thioether (sulfide) groups is 1. The second-order valence-electron chi connectivity index (χ2n) is 4.29. The molecule has 0 saturated carbocycles. The lowest BCUT2D eigenvalue weighted by molar-refractivity contribution is 0.329. The van der Waals surface area contributed by atoms with Gasteiger partial charge in [-0.2, -0.15) is 0 Å². The van der Waals surface area contributed by atoms with E-state index in [9.17, 15) is 0 Å². The molecule has 0 aliphatic carbocycles. The smallest absolute Gasteiger partial charge is 0.114 e. The second-order valence-corrected chi connectivity index (χ2v) is 5.43. The fourth-order valence-electron chi connectivity index (χ4n) is 1.96. The average molecular weight is 206 g/mol. The van der Waals surface area contributed by atoms with Gasteiger partial charge in [0, 0.05) is 4.90 Å². The minimum atomic E-state index is 0.0388. The van der Waals surface area contributed by atoms with Crippen LogP contribution in [0.4, 0.5) is 0 Å². The summed E-state index contributed by atoms with van der Waals surface area (Å²) in [5.41, 5.74) is 2.92. The minimum Gasteiger partial charge on any atom is -0.365 e. The van der Waals surface area contributed by atoms with Gasteiger partial charge in [-0.25, -0.2) is 0 Å². The molecule has 0 bridgehead atoms. The lowest BCUT2D eigenvalue weighted by atomic mass is 9.98. The molecule has 14 heavy (non-hydrogen) atoms. The maximum atomic E-state index is 5.47. The predicted octanol–water partition coefficient (Wildman–Crippen LogP) is 2.97. The van der Waals surface area contributed by atoms with Crippen LogP contribution in [-0.4, -0.2) is 12.4 Å². The Bertz CT molecular complexity index is 369. The first-order valence-electron chi connectivity index (χ1n) is 5.18. The van der Waals surface area contributed by atoms with Crippen molar-refractivity contribution in [2.75, 3.05) is 12.4 Å². The molecule has 0 radical (unpaired) electrons. The Morgan fingerprint density at radius 2 is 2.29 bits per heavy atom. The van der Waals surface area contributed by atoms with Crippen molar-refractivity contribution < 1.29 is 4.74 Å². The van der Waals surface area contributed by atoms with Crippen molar-refractivity contribution in [1.29, 1.82) is 0 Å². The lowest BCUT2D eigenvalue weighted by Gasteiger charge is -2.17. The number of fused-ring (bicyclic) bond motifs is 1. The van der Waals surface area contributed by atoms with Gasteiger partial charge in [0.15, 0.2) is 0 Å². The van der Waals surface area contributed by atoms with Crippen molar-refractivity contribution in [1.82, 2.24) is 0 Å². The summed E-state index contributed by atoms with van der Waals surface area (Å²) < 4.78 is 5.47. The molecule has 1 fully saturated rings. The molecule has 0 N–H and O–H groups in total. The van der Waals surface area contributed by atoms with Gasteiger partial charge in [0.2, 0.25) is 0 Å². The van der Waals surface area contributed by atoms with Crippen molar-refractivity contribution in [3.05, 3.63) is 29.3 Å². The quantitative estimate of drug-likeness (QED) is 0.655. The van der Waals surface area contributed by atoms with E-state index in [-0.39, 0.29) is 5.60 Å². The van der Waals surface area contributed by atoms with Gasteiger partial charge in [-0.1, -0.05) is 12.1 Å². The first kappa shape index (κ1) is 8.81. The van der Waals surface area contributed by atoms with Crippen LogP contribution in [0.3, 0.4) is 0 Å². The Balaban J connectivity index is 2.01. The summed E-state index contributed by atoms with van der Waals surface area (Å²) in [5, 5.41) is 0. The Morgan fingerprint density at radius 3 is 3.07 bits per heavy atom. The third-order valence-corrected chi connectivity index (χ3v) is 4.30. The van der Waals surface area contributed by atoms with E-state index in [2.05, 4.69) is 25.1 Å². The number of epoxide rings is 1. The van der Waals surface area contributed by atoms with Crippen LogP contribution in [0.2, 0.25) is 0 Å². The van der Waals surface area contributed by atoms with Crippen LogP contribution in [0.5, 0.6) is 0 Å². The molecule has 1 saturated heterocycles. The molecule has 1 unspecified atom stereocenters. The Morgan fingerprint density at radius 1 is 1.43 bits per heavy atom. The highest BCUT2D eigenvalue weighted by atomic mass is 32.2. The van der Waals surface area contributed by atoms with E-state index in [1.165, 1.54) is 34.6 Å². The third-order valence-electron chi connectivity index (χ3n) is 3.10. The zero-order chi connectivity index (χ0) is 9.60. The van der Waals surface area contributed by atoms with Crippen LogP contribution in [-0.2, 0) is 16.8 Å². The van der Waals surface area contributed by atoms with E-state index in [0.29, 0.717) is 0 Å². The maximum Gasteiger partial charge on any atom is 0.114 e. The molecule has 1 atom stereocenters. The number of benzene rings is 1. The first-order chi connectivity index (χ1) is 6.78. The summed E-state index contributed by atoms with van der Waals surface area (Å²) in [6, 6.07) is 6.83. The fraction of sp³-hybridized carbons (Fsp3) is 0.500. The number of hydrogen-bond acceptors (Lipinski definition) is 2. The van der Waals surface area contributed by atoms with Gasteiger partial charge in [-0.3, -0.25) is 0 Å². The molecule has 2 heteroatoms. The highest BCUT2D eigenvalue weighted by Crippen LogP contribution is 2.40. The molecular weight excluding hydrogens is 192 g/mol. The number of aryl methyl sites for hydroxylation is 1. The molecule has 1 nitrogen and oxygen atoms in total. The minimum absolute atomic E-state index is 0.0388. The van der Waals surface area contributed by atoms with Gasteiger partial charge < -0.3 is 4.74 Å². The zero-order valence-corrected chi connectivity index (χ0v) is 9.19. The summed E-state index contributed by atoms with van der Waals surface area (Å²) in [6.45, 7) is 3.06. The molecule has 0 spiro atoms. The van der Waals surface area contributed by atoms with Gasteiger partial charge in [0.05, 0.1) is 6.61 Å². The van der Waals surface area contributed by atoms with Crippen LogP contribution in [0.1, 0.15) is 24.5 Å². The summed E-state index contributed by atoms with van der Waals surface area (Å²) >= 11 is 1.99. The summed E-state index contributed by atoms with van der Waals surface area (Å²) in [7, 11) is 0. The molecule has 3 rings (SSSR count). The molecule has 1 aromatic carbocycles. The SMILES string of the molecule is CC1(c2ccc3c(c2)CCCS3)CO1. The van der Waals surface area contributed by atoms with Crippen molar-refractivity contribution >= 4 is 11.8 Å². The van der Waals surface area contributed by atoms with Crippen molar-refractivity contribution in [2.45, 2.75) is 30.3 Å². The summed E-state index contributed by atoms with van der Waals surface area (Å²) in [4.78, 5) is 1.48. The van der Waals surface area contributed by atoms with Gasteiger partial charge >= 0.3 is 0 Å². The molecule has 2 aliphatic heterocycles. The highest BCUT2D eigenvalue weighted by Gasteiger charge is 2.41.